The van der Waals surface area contributed by atoms with Crippen molar-refractivity contribution in [2.45, 2.75) is 19.5 Å². The van der Waals surface area contributed by atoms with Gasteiger partial charge in [0.05, 0.1) is 12.0 Å². The lowest BCUT2D eigenvalue weighted by atomic mass is 10.1. The number of benzene rings is 2. The predicted molar refractivity (Wildman–Crippen MR) is 81.3 cm³/mol. The molecule has 2 rings (SSSR count). The van der Waals surface area contributed by atoms with Crippen LogP contribution in [0.3, 0.4) is 0 Å². The molecule has 0 aliphatic heterocycles. The zero-order chi connectivity index (χ0) is 15.2. The summed E-state index contributed by atoms with van der Waals surface area (Å²) >= 11 is 0. The number of para-hydroxylation sites is 1. The van der Waals surface area contributed by atoms with Crippen molar-refractivity contribution in [3.05, 3.63) is 69.8 Å². The molecule has 1 N–H and O–H groups in total. The first kappa shape index (κ1) is 15.0. The van der Waals surface area contributed by atoms with Crippen LogP contribution in [-0.2, 0) is 6.54 Å². The smallest absolute Gasteiger partial charge is 0.273 e. The van der Waals surface area contributed by atoms with Gasteiger partial charge in [0.1, 0.15) is 5.75 Å². The highest BCUT2D eigenvalue weighted by Crippen LogP contribution is 2.21. The minimum Gasteiger partial charge on any atom is -0.497 e. The molecule has 0 aliphatic carbocycles. The van der Waals surface area contributed by atoms with Crippen molar-refractivity contribution >= 4 is 5.69 Å². The van der Waals surface area contributed by atoms with Gasteiger partial charge < -0.3 is 10.1 Å². The van der Waals surface area contributed by atoms with Gasteiger partial charge in [-0.1, -0.05) is 30.3 Å². The SMILES string of the molecule is COc1cccc(C(C)NCc2ccccc2[N+](=O)[O-])c1. The second-order valence-electron chi connectivity index (χ2n) is 4.77. The van der Waals surface area contributed by atoms with Crippen molar-refractivity contribution in [1.82, 2.24) is 5.32 Å². The fourth-order valence-corrected chi connectivity index (χ4v) is 2.13. The standard InChI is InChI=1S/C16H18N2O3/c1-12(13-7-5-8-15(10-13)21-2)17-11-14-6-3-4-9-16(14)18(19)20/h3-10,12,17H,11H2,1-2H3. The molecule has 0 radical (unpaired) electrons. The second kappa shape index (κ2) is 6.85. The van der Waals surface area contributed by atoms with Gasteiger partial charge in [-0.25, -0.2) is 0 Å². The van der Waals surface area contributed by atoms with Gasteiger partial charge in [-0.05, 0) is 24.6 Å². The number of nitrogens with one attached hydrogen (secondary N) is 1. The third kappa shape index (κ3) is 3.79. The minimum absolute atomic E-state index is 0.0694. The van der Waals surface area contributed by atoms with Gasteiger partial charge >= 0.3 is 0 Å². The molecule has 0 aromatic heterocycles. The lowest BCUT2D eigenvalue weighted by Gasteiger charge is -2.15. The normalized spacial score (nSPS) is 11.9. The number of hydrogen-bond acceptors (Lipinski definition) is 4. The first-order chi connectivity index (χ1) is 10.1. The van der Waals surface area contributed by atoms with E-state index in [4.69, 9.17) is 4.74 Å². The topological polar surface area (TPSA) is 64.4 Å². The van der Waals surface area contributed by atoms with Crippen LogP contribution < -0.4 is 10.1 Å². The van der Waals surface area contributed by atoms with Crippen LogP contribution in [0.5, 0.6) is 5.75 Å². The van der Waals surface area contributed by atoms with E-state index < -0.39 is 0 Å². The van der Waals surface area contributed by atoms with Gasteiger partial charge in [-0.3, -0.25) is 10.1 Å². The number of ether oxygens (including phenoxy) is 1. The molecule has 2 aromatic carbocycles. The monoisotopic (exact) mass is 286 g/mol. The molecule has 5 heteroatoms. The Morgan fingerprint density at radius 2 is 2.00 bits per heavy atom. The molecule has 0 saturated carbocycles. The summed E-state index contributed by atoms with van der Waals surface area (Å²) in [6.45, 7) is 2.46. The Morgan fingerprint density at radius 3 is 2.71 bits per heavy atom. The van der Waals surface area contributed by atoms with E-state index in [1.807, 2.05) is 31.2 Å². The van der Waals surface area contributed by atoms with Crippen LogP contribution in [0.25, 0.3) is 0 Å². The van der Waals surface area contributed by atoms with Crippen LogP contribution in [0, 0.1) is 10.1 Å². The van der Waals surface area contributed by atoms with Crippen LogP contribution in [0.15, 0.2) is 48.5 Å². The van der Waals surface area contributed by atoms with E-state index >= 15 is 0 Å². The Hall–Kier alpha value is -2.40. The largest absolute Gasteiger partial charge is 0.497 e. The molecule has 1 atom stereocenters. The summed E-state index contributed by atoms with van der Waals surface area (Å²) in [5.41, 5.74) is 1.90. The van der Waals surface area contributed by atoms with Gasteiger partial charge in [0.2, 0.25) is 0 Å². The summed E-state index contributed by atoms with van der Waals surface area (Å²) < 4.78 is 5.20. The number of rotatable bonds is 6. The van der Waals surface area contributed by atoms with E-state index in [1.54, 1.807) is 25.3 Å². The first-order valence-electron chi connectivity index (χ1n) is 6.71. The molecular weight excluding hydrogens is 268 g/mol. The molecule has 21 heavy (non-hydrogen) atoms. The Labute approximate surface area is 123 Å². The van der Waals surface area contributed by atoms with Gasteiger partial charge in [0, 0.05) is 24.2 Å². The molecule has 0 fully saturated rings. The lowest BCUT2D eigenvalue weighted by Crippen LogP contribution is -2.18. The number of nitro benzene ring substituents is 1. The van der Waals surface area contributed by atoms with Gasteiger partial charge in [-0.2, -0.15) is 0 Å². The molecule has 0 spiro atoms. The van der Waals surface area contributed by atoms with Gasteiger partial charge in [0.25, 0.3) is 5.69 Å². The second-order valence-corrected chi connectivity index (χ2v) is 4.77. The van der Waals surface area contributed by atoms with Crippen molar-refractivity contribution in [3.63, 3.8) is 0 Å². The molecule has 0 aliphatic rings. The number of nitro groups is 1. The summed E-state index contributed by atoms with van der Waals surface area (Å²) in [5.74, 6) is 0.798. The van der Waals surface area contributed by atoms with E-state index in [0.717, 1.165) is 11.3 Å². The Balaban J connectivity index is 2.07. The molecular formula is C16H18N2O3. The summed E-state index contributed by atoms with van der Waals surface area (Å²) in [7, 11) is 1.63. The molecule has 5 nitrogen and oxygen atoms in total. The maximum absolute atomic E-state index is 11.0. The molecule has 110 valence electrons. The zero-order valence-electron chi connectivity index (χ0n) is 12.1. The van der Waals surface area contributed by atoms with E-state index in [0.29, 0.717) is 12.1 Å². The van der Waals surface area contributed by atoms with Crippen LogP contribution >= 0.6 is 0 Å². The van der Waals surface area contributed by atoms with E-state index in [2.05, 4.69) is 5.32 Å². The third-order valence-electron chi connectivity index (χ3n) is 3.38. The molecule has 0 heterocycles. The lowest BCUT2D eigenvalue weighted by molar-refractivity contribution is -0.385. The molecule has 0 amide bonds. The highest BCUT2D eigenvalue weighted by atomic mass is 16.6. The molecule has 0 saturated heterocycles. The molecule has 1 unspecified atom stereocenters. The van der Waals surface area contributed by atoms with Crippen LogP contribution in [0.4, 0.5) is 5.69 Å². The number of methoxy groups -OCH3 is 1. The fourth-order valence-electron chi connectivity index (χ4n) is 2.13. The average Bonchev–Trinajstić information content (AvgIpc) is 2.52. The number of nitrogens with zero attached hydrogens (tertiary/aromatic N) is 1. The summed E-state index contributed by atoms with van der Waals surface area (Å²) in [6.07, 6.45) is 0. The molecule has 0 bridgehead atoms. The summed E-state index contributed by atoms with van der Waals surface area (Å²) in [4.78, 5) is 10.6. The van der Waals surface area contributed by atoms with E-state index in [9.17, 15) is 10.1 Å². The molecule has 2 aromatic rings. The Morgan fingerprint density at radius 1 is 1.24 bits per heavy atom. The highest BCUT2D eigenvalue weighted by molar-refractivity contribution is 5.39. The van der Waals surface area contributed by atoms with Crippen LogP contribution in [0.2, 0.25) is 0 Å². The Bertz CT molecular complexity index is 628. The number of hydrogen-bond donors (Lipinski definition) is 1. The van der Waals surface area contributed by atoms with E-state index in [1.165, 1.54) is 6.07 Å². The summed E-state index contributed by atoms with van der Waals surface area (Å²) in [6, 6.07) is 14.6. The summed E-state index contributed by atoms with van der Waals surface area (Å²) in [5, 5.41) is 14.3. The van der Waals surface area contributed by atoms with Crippen molar-refractivity contribution < 1.29 is 9.66 Å². The maximum Gasteiger partial charge on any atom is 0.273 e. The zero-order valence-corrected chi connectivity index (χ0v) is 12.1. The third-order valence-corrected chi connectivity index (χ3v) is 3.38. The van der Waals surface area contributed by atoms with Crippen molar-refractivity contribution in [2.24, 2.45) is 0 Å². The van der Waals surface area contributed by atoms with Crippen LogP contribution in [0.1, 0.15) is 24.1 Å². The van der Waals surface area contributed by atoms with E-state index in [-0.39, 0.29) is 16.7 Å². The predicted octanol–water partition coefficient (Wildman–Crippen LogP) is 3.45. The van der Waals surface area contributed by atoms with Crippen molar-refractivity contribution in [1.29, 1.82) is 0 Å². The first-order valence-corrected chi connectivity index (χ1v) is 6.71. The van der Waals surface area contributed by atoms with Crippen LogP contribution in [-0.4, -0.2) is 12.0 Å². The van der Waals surface area contributed by atoms with Crippen molar-refractivity contribution in [2.75, 3.05) is 7.11 Å². The van der Waals surface area contributed by atoms with Gasteiger partial charge in [-0.15, -0.1) is 0 Å². The van der Waals surface area contributed by atoms with Gasteiger partial charge in [0.15, 0.2) is 0 Å². The van der Waals surface area contributed by atoms with Crippen molar-refractivity contribution in [3.8, 4) is 5.75 Å². The quantitative estimate of drug-likeness (QED) is 0.652. The maximum atomic E-state index is 11.0. The average molecular weight is 286 g/mol. The Kier molecular flexibility index (Phi) is 4.90. The minimum atomic E-state index is -0.354. The fraction of sp³-hybridized carbons (Fsp3) is 0.250. The highest BCUT2D eigenvalue weighted by Gasteiger charge is 2.13.